The molecule has 98 valence electrons. The van der Waals surface area contributed by atoms with Crippen LogP contribution in [0, 0.1) is 0 Å². The van der Waals surface area contributed by atoms with Gasteiger partial charge in [0.1, 0.15) is 0 Å². The molecule has 0 aliphatic rings. The molecular formula is C12H17N3O2S. The molecule has 1 heterocycles. The summed E-state index contributed by atoms with van der Waals surface area (Å²) in [4.78, 5) is 7.31. The van der Waals surface area contributed by atoms with Crippen LogP contribution in [-0.4, -0.2) is 32.6 Å². The number of fused-ring (bicyclic) bond motifs is 1. The molecule has 0 spiro atoms. The van der Waals surface area contributed by atoms with Gasteiger partial charge in [0.05, 0.1) is 40.3 Å². The van der Waals surface area contributed by atoms with Crippen molar-refractivity contribution in [1.82, 2.24) is 9.97 Å². The minimum atomic E-state index is -1.17. The van der Waals surface area contributed by atoms with Gasteiger partial charge in [0.2, 0.25) is 0 Å². The van der Waals surface area contributed by atoms with E-state index in [0.29, 0.717) is 23.2 Å². The predicted octanol–water partition coefficient (Wildman–Crippen LogP) is 1.68. The Hall–Kier alpha value is -1.40. The zero-order valence-corrected chi connectivity index (χ0v) is 11.3. The largest absolute Gasteiger partial charge is 0.399 e. The minimum Gasteiger partial charge on any atom is -0.399 e. The van der Waals surface area contributed by atoms with Gasteiger partial charge in [-0.3, -0.25) is 4.21 Å². The van der Waals surface area contributed by atoms with E-state index in [0.717, 1.165) is 11.0 Å². The number of H-pyrrole nitrogens is 1. The summed E-state index contributed by atoms with van der Waals surface area (Å²) in [5.41, 5.74) is 7.92. The van der Waals surface area contributed by atoms with Gasteiger partial charge in [0.25, 0.3) is 0 Å². The first-order valence-electron chi connectivity index (χ1n) is 5.81. The highest BCUT2D eigenvalue weighted by Crippen LogP contribution is 2.16. The first kappa shape index (κ1) is 13.0. The summed E-state index contributed by atoms with van der Waals surface area (Å²) in [6.07, 6.45) is 0.150. The number of ether oxygens (including phenoxy) is 1. The SMILES string of the molecule is CC(C)OCCS(=O)c1nc2ccc(N)cc2[nH]1. The maximum Gasteiger partial charge on any atom is 0.197 e. The number of hydrogen-bond donors (Lipinski definition) is 2. The molecule has 0 saturated heterocycles. The van der Waals surface area contributed by atoms with Crippen molar-refractivity contribution in [2.24, 2.45) is 0 Å². The van der Waals surface area contributed by atoms with Gasteiger partial charge in [-0.25, -0.2) is 4.98 Å². The van der Waals surface area contributed by atoms with Crippen molar-refractivity contribution in [3.8, 4) is 0 Å². The molecule has 0 bridgehead atoms. The summed E-state index contributed by atoms with van der Waals surface area (Å²) in [5, 5.41) is 0.475. The number of nitrogen functional groups attached to an aromatic ring is 1. The second kappa shape index (κ2) is 5.49. The highest BCUT2D eigenvalue weighted by atomic mass is 32.2. The van der Waals surface area contributed by atoms with E-state index >= 15 is 0 Å². The Labute approximate surface area is 108 Å². The third kappa shape index (κ3) is 3.08. The fourth-order valence-corrected chi connectivity index (χ4v) is 2.43. The number of nitrogens with one attached hydrogen (secondary N) is 1. The molecule has 0 saturated carbocycles. The lowest BCUT2D eigenvalue weighted by Gasteiger charge is -2.05. The first-order chi connectivity index (χ1) is 8.56. The van der Waals surface area contributed by atoms with Gasteiger partial charge in [-0.1, -0.05) is 0 Å². The van der Waals surface area contributed by atoms with Gasteiger partial charge in [0.15, 0.2) is 5.16 Å². The predicted molar refractivity (Wildman–Crippen MR) is 72.9 cm³/mol. The van der Waals surface area contributed by atoms with Crippen LogP contribution < -0.4 is 5.73 Å². The topological polar surface area (TPSA) is 81.0 Å². The smallest absolute Gasteiger partial charge is 0.197 e. The fraction of sp³-hybridized carbons (Fsp3) is 0.417. The Balaban J connectivity index is 2.08. The zero-order chi connectivity index (χ0) is 13.1. The van der Waals surface area contributed by atoms with E-state index in [1.165, 1.54) is 0 Å². The zero-order valence-electron chi connectivity index (χ0n) is 10.5. The molecule has 3 N–H and O–H groups in total. The summed E-state index contributed by atoms with van der Waals surface area (Å²) in [6.45, 7) is 4.36. The summed E-state index contributed by atoms with van der Waals surface area (Å²) in [5.74, 6) is 0.438. The van der Waals surface area contributed by atoms with Crippen molar-refractivity contribution in [2.75, 3.05) is 18.1 Å². The van der Waals surface area contributed by atoms with Crippen LogP contribution in [0.15, 0.2) is 23.4 Å². The molecule has 0 fully saturated rings. The summed E-state index contributed by atoms with van der Waals surface area (Å²) < 4.78 is 17.4. The summed E-state index contributed by atoms with van der Waals surface area (Å²) >= 11 is 0. The second-order valence-corrected chi connectivity index (χ2v) is 5.77. The molecule has 2 aromatic rings. The maximum atomic E-state index is 12.0. The molecule has 0 amide bonds. The molecule has 1 atom stereocenters. The molecule has 0 aliphatic heterocycles. The average Bonchev–Trinajstić information content (AvgIpc) is 2.71. The Morgan fingerprint density at radius 3 is 3.00 bits per heavy atom. The molecule has 5 nitrogen and oxygen atoms in total. The standard InChI is InChI=1S/C12H17N3O2S/c1-8(2)17-5-6-18(16)12-14-10-4-3-9(13)7-11(10)15-12/h3-4,7-8H,5-6,13H2,1-2H3,(H,14,15). The summed E-state index contributed by atoms with van der Waals surface area (Å²) in [7, 11) is -1.17. The maximum absolute atomic E-state index is 12.0. The number of aromatic nitrogens is 2. The molecule has 1 aromatic heterocycles. The van der Waals surface area contributed by atoms with E-state index in [1.54, 1.807) is 12.1 Å². The highest BCUT2D eigenvalue weighted by Gasteiger charge is 2.10. The average molecular weight is 267 g/mol. The van der Waals surface area contributed by atoms with Crippen LogP contribution in [0.5, 0.6) is 0 Å². The Kier molecular flexibility index (Phi) is 3.98. The lowest BCUT2D eigenvalue weighted by Crippen LogP contribution is -2.11. The number of nitrogens with zero attached hydrogens (tertiary/aromatic N) is 1. The van der Waals surface area contributed by atoms with Gasteiger partial charge in [-0.15, -0.1) is 0 Å². The van der Waals surface area contributed by atoms with Gasteiger partial charge in [0, 0.05) is 5.69 Å². The van der Waals surface area contributed by atoms with Crippen molar-refractivity contribution in [3.05, 3.63) is 18.2 Å². The van der Waals surface area contributed by atoms with Crippen molar-refractivity contribution in [3.63, 3.8) is 0 Å². The molecule has 6 heteroatoms. The van der Waals surface area contributed by atoms with Crippen LogP contribution in [0.2, 0.25) is 0 Å². The van der Waals surface area contributed by atoms with Crippen LogP contribution >= 0.6 is 0 Å². The monoisotopic (exact) mass is 267 g/mol. The van der Waals surface area contributed by atoms with Crippen LogP contribution in [0.25, 0.3) is 11.0 Å². The number of nitrogens with two attached hydrogens (primary N) is 1. The number of imidazole rings is 1. The molecule has 2 rings (SSSR count). The lowest BCUT2D eigenvalue weighted by molar-refractivity contribution is 0.0916. The van der Waals surface area contributed by atoms with Gasteiger partial charge < -0.3 is 15.5 Å². The van der Waals surface area contributed by atoms with Gasteiger partial charge in [-0.05, 0) is 32.0 Å². The highest BCUT2D eigenvalue weighted by molar-refractivity contribution is 7.84. The minimum absolute atomic E-state index is 0.150. The van der Waals surface area contributed by atoms with E-state index in [9.17, 15) is 4.21 Å². The van der Waals surface area contributed by atoms with Crippen molar-refractivity contribution >= 4 is 27.5 Å². The van der Waals surface area contributed by atoms with Crippen LogP contribution in [0.3, 0.4) is 0 Å². The summed E-state index contributed by atoms with van der Waals surface area (Å²) in [6, 6.07) is 5.37. The molecule has 0 radical (unpaired) electrons. The fourth-order valence-electron chi connectivity index (χ4n) is 1.57. The van der Waals surface area contributed by atoms with E-state index < -0.39 is 10.8 Å². The van der Waals surface area contributed by atoms with Crippen molar-refractivity contribution < 1.29 is 8.95 Å². The Bertz CT molecular complexity index is 565. The van der Waals surface area contributed by atoms with Crippen molar-refractivity contribution in [2.45, 2.75) is 25.1 Å². The Morgan fingerprint density at radius 1 is 1.50 bits per heavy atom. The molecule has 1 aromatic carbocycles. The number of benzene rings is 1. The van der Waals surface area contributed by atoms with E-state index in [4.69, 9.17) is 10.5 Å². The third-order valence-electron chi connectivity index (χ3n) is 2.42. The van der Waals surface area contributed by atoms with E-state index in [1.807, 2.05) is 19.9 Å². The quantitative estimate of drug-likeness (QED) is 0.808. The number of anilines is 1. The normalized spacial score (nSPS) is 13.3. The second-order valence-electron chi connectivity index (χ2n) is 4.29. The van der Waals surface area contributed by atoms with Crippen LogP contribution in [0.4, 0.5) is 5.69 Å². The number of rotatable bonds is 5. The molecule has 18 heavy (non-hydrogen) atoms. The Morgan fingerprint density at radius 2 is 2.28 bits per heavy atom. The van der Waals surface area contributed by atoms with Crippen LogP contribution in [-0.2, 0) is 15.5 Å². The number of aromatic amines is 1. The van der Waals surface area contributed by atoms with Crippen molar-refractivity contribution in [1.29, 1.82) is 0 Å². The van der Waals surface area contributed by atoms with Gasteiger partial charge >= 0.3 is 0 Å². The molecular weight excluding hydrogens is 250 g/mol. The first-order valence-corrected chi connectivity index (χ1v) is 7.13. The van der Waals surface area contributed by atoms with Crippen LogP contribution in [0.1, 0.15) is 13.8 Å². The lowest BCUT2D eigenvalue weighted by atomic mass is 10.3. The van der Waals surface area contributed by atoms with Gasteiger partial charge in [-0.2, -0.15) is 0 Å². The molecule has 1 unspecified atom stereocenters. The van der Waals surface area contributed by atoms with E-state index in [-0.39, 0.29) is 6.10 Å². The third-order valence-corrected chi connectivity index (χ3v) is 3.58. The van der Waals surface area contributed by atoms with E-state index in [2.05, 4.69) is 9.97 Å². The molecule has 0 aliphatic carbocycles. The number of hydrogen-bond acceptors (Lipinski definition) is 4.